The van der Waals surface area contributed by atoms with Crippen LogP contribution in [-0.2, 0) is 4.79 Å². The molecule has 4 N–H and O–H groups in total. The first kappa shape index (κ1) is 20.5. The molecule has 7 nitrogen and oxygen atoms in total. The molecule has 0 saturated heterocycles. The van der Waals surface area contributed by atoms with E-state index in [1.807, 2.05) is 24.1 Å². The molecule has 7 heteroatoms. The summed E-state index contributed by atoms with van der Waals surface area (Å²) in [5.41, 5.74) is 6.93. The van der Waals surface area contributed by atoms with Gasteiger partial charge in [-0.1, -0.05) is 12.1 Å². The lowest BCUT2D eigenvalue weighted by Gasteiger charge is -2.38. The molecule has 2 aliphatic carbocycles. The Morgan fingerprint density at radius 1 is 1.14 bits per heavy atom. The summed E-state index contributed by atoms with van der Waals surface area (Å²) in [7, 11) is 3.45. The molecule has 1 aromatic rings. The average Bonchev–Trinajstić information content (AvgIpc) is 2.66. The number of benzene rings is 1. The predicted molar refractivity (Wildman–Crippen MR) is 109 cm³/mol. The molecule has 2 fully saturated rings. The van der Waals surface area contributed by atoms with Crippen molar-refractivity contribution in [2.24, 2.45) is 11.7 Å². The molecule has 3 rings (SSSR count). The number of anilines is 1. The molecular weight excluding hydrogens is 356 g/mol. The zero-order valence-electron chi connectivity index (χ0n) is 16.8. The second kappa shape index (κ2) is 9.28. The van der Waals surface area contributed by atoms with Gasteiger partial charge in [0, 0.05) is 19.1 Å². The molecule has 1 atom stereocenters. The van der Waals surface area contributed by atoms with Crippen molar-refractivity contribution in [3.05, 3.63) is 24.3 Å². The van der Waals surface area contributed by atoms with Crippen molar-refractivity contribution in [3.8, 4) is 5.75 Å². The SMILES string of the molecule is COc1ccccc1NC(=O)NC1CCC([C@H](N)C(=O)N(C)C2CCC2)CC1. The fourth-order valence-electron chi connectivity index (χ4n) is 4.11. The van der Waals surface area contributed by atoms with Crippen LogP contribution in [0.2, 0.25) is 0 Å². The van der Waals surface area contributed by atoms with E-state index >= 15 is 0 Å². The highest BCUT2D eigenvalue weighted by Crippen LogP contribution is 2.29. The number of hydrogen-bond acceptors (Lipinski definition) is 4. The molecule has 0 spiro atoms. The summed E-state index contributed by atoms with van der Waals surface area (Å²) in [5, 5.41) is 5.87. The lowest BCUT2D eigenvalue weighted by molar-refractivity contribution is -0.136. The van der Waals surface area contributed by atoms with Gasteiger partial charge in [0.15, 0.2) is 0 Å². The first-order chi connectivity index (χ1) is 13.5. The number of carbonyl (C=O) groups is 2. The van der Waals surface area contributed by atoms with Crippen LogP contribution in [-0.4, -0.2) is 49.1 Å². The van der Waals surface area contributed by atoms with Gasteiger partial charge in [-0.05, 0) is 63.0 Å². The van der Waals surface area contributed by atoms with Crippen LogP contribution >= 0.6 is 0 Å². The summed E-state index contributed by atoms with van der Waals surface area (Å²) in [6, 6.07) is 7.11. The van der Waals surface area contributed by atoms with Gasteiger partial charge in [-0.2, -0.15) is 0 Å². The Morgan fingerprint density at radius 3 is 2.43 bits per heavy atom. The standard InChI is InChI=1S/C21H32N4O3/c1-25(16-6-5-7-16)20(26)19(22)14-10-12-15(13-11-14)23-21(27)24-17-8-3-4-9-18(17)28-2/h3-4,8-9,14-16,19H,5-7,10-13,22H2,1-2H3,(H2,23,24,27)/t14?,15?,19-/m0/s1. The third kappa shape index (κ3) is 4.76. The molecule has 28 heavy (non-hydrogen) atoms. The summed E-state index contributed by atoms with van der Waals surface area (Å²) >= 11 is 0. The Labute approximate surface area is 167 Å². The summed E-state index contributed by atoms with van der Waals surface area (Å²) in [5.74, 6) is 0.877. The maximum absolute atomic E-state index is 12.6. The molecule has 0 aliphatic heterocycles. The van der Waals surface area contributed by atoms with Gasteiger partial charge in [-0.15, -0.1) is 0 Å². The number of methoxy groups -OCH3 is 1. The van der Waals surface area contributed by atoms with Crippen LogP contribution in [0.1, 0.15) is 44.9 Å². The molecule has 0 bridgehead atoms. The van der Waals surface area contributed by atoms with E-state index in [1.54, 1.807) is 19.2 Å². The van der Waals surface area contributed by atoms with Gasteiger partial charge in [0.05, 0.1) is 18.8 Å². The van der Waals surface area contributed by atoms with Gasteiger partial charge in [-0.25, -0.2) is 4.79 Å². The quantitative estimate of drug-likeness (QED) is 0.698. The molecule has 2 saturated carbocycles. The van der Waals surface area contributed by atoms with Crippen LogP contribution in [0.25, 0.3) is 0 Å². The third-order valence-corrected chi connectivity index (χ3v) is 6.23. The summed E-state index contributed by atoms with van der Waals surface area (Å²) < 4.78 is 5.25. The Bertz CT molecular complexity index is 684. The van der Waals surface area contributed by atoms with Crippen molar-refractivity contribution >= 4 is 17.6 Å². The smallest absolute Gasteiger partial charge is 0.319 e. The number of nitrogens with zero attached hydrogens (tertiary/aromatic N) is 1. The lowest BCUT2D eigenvalue weighted by Crippen LogP contribution is -2.52. The van der Waals surface area contributed by atoms with Crippen LogP contribution in [0.4, 0.5) is 10.5 Å². The Morgan fingerprint density at radius 2 is 1.82 bits per heavy atom. The molecular formula is C21H32N4O3. The maximum Gasteiger partial charge on any atom is 0.319 e. The van der Waals surface area contributed by atoms with Crippen molar-refractivity contribution in [2.45, 2.75) is 63.1 Å². The topological polar surface area (TPSA) is 96.7 Å². The highest BCUT2D eigenvalue weighted by Gasteiger charge is 2.34. The van der Waals surface area contributed by atoms with E-state index in [9.17, 15) is 9.59 Å². The number of para-hydroxylation sites is 2. The number of carbonyl (C=O) groups excluding carboxylic acids is 2. The number of rotatable bonds is 6. The first-order valence-corrected chi connectivity index (χ1v) is 10.2. The van der Waals surface area contributed by atoms with Crippen molar-refractivity contribution in [3.63, 3.8) is 0 Å². The number of ether oxygens (including phenoxy) is 1. The zero-order chi connectivity index (χ0) is 20.1. The molecule has 154 valence electrons. The van der Waals surface area contributed by atoms with Crippen LogP contribution in [0, 0.1) is 5.92 Å². The summed E-state index contributed by atoms with van der Waals surface area (Å²) in [6.07, 6.45) is 6.75. The minimum atomic E-state index is -0.436. The third-order valence-electron chi connectivity index (χ3n) is 6.23. The molecule has 0 radical (unpaired) electrons. The van der Waals surface area contributed by atoms with Gasteiger partial charge >= 0.3 is 6.03 Å². The van der Waals surface area contributed by atoms with Crippen molar-refractivity contribution in [2.75, 3.05) is 19.5 Å². The Kier molecular flexibility index (Phi) is 6.78. The summed E-state index contributed by atoms with van der Waals surface area (Å²) in [4.78, 5) is 26.8. The van der Waals surface area contributed by atoms with Crippen LogP contribution in [0.3, 0.4) is 0 Å². The van der Waals surface area contributed by atoms with E-state index in [1.165, 1.54) is 6.42 Å². The number of nitrogens with two attached hydrogens (primary N) is 1. The predicted octanol–water partition coefficient (Wildman–Crippen LogP) is 2.71. The number of urea groups is 1. The molecule has 0 unspecified atom stereocenters. The normalized spacial score (nSPS) is 23.2. The van der Waals surface area contributed by atoms with Crippen molar-refractivity contribution < 1.29 is 14.3 Å². The zero-order valence-corrected chi connectivity index (χ0v) is 16.8. The van der Waals surface area contributed by atoms with Crippen molar-refractivity contribution in [1.82, 2.24) is 10.2 Å². The average molecular weight is 389 g/mol. The van der Waals surface area contributed by atoms with Crippen LogP contribution in [0.15, 0.2) is 24.3 Å². The first-order valence-electron chi connectivity index (χ1n) is 10.2. The Hall–Kier alpha value is -2.28. The fraction of sp³-hybridized carbons (Fsp3) is 0.619. The van der Waals surface area contributed by atoms with Crippen LogP contribution in [0.5, 0.6) is 5.75 Å². The van der Waals surface area contributed by atoms with Gasteiger partial charge in [0.1, 0.15) is 5.75 Å². The number of amides is 3. The molecule has 1 aromatic carbocycles. The number of hydrogen-bond donors (Lipinski definition) is 3. The van der Waals surface area contributed by atoms with E-state index in [2.05, 4.69) is 10.6 Å². The van der Waals surface area contributed by atoms with Gasteiger partial charge in [-0.3, -0.25) is 4.79 Å². The van der Waals surface area contributed by atoms with E-state index in [-0.39, 0.29) is 23.9 Å². The van der Waals surface area contributed by atoms with Gasteiger partial charge < -0.3 is 26.0 Å². The Balaban J connectivity index is 1.44. The highest BCUT2D eigenvalue weighted by atomic mass is 16.5. The second-order valence-corrected chi connectivity index (χ2v) is 7.97. The minimum Gasteiger partial charge on any atom is -0.495 e. The van der Waals surface area contributed by atoms with E-state index in [0.29, 0.717) is 17.5 Å². The largest absolute Gasteiger partial charge is 0.495 e. The van der Waals surface area contributed by atoms with Gasteiger partial charge in [0.25, 0.3) is 0 Å². The highest BCUT2D eigenvalue weighted by molar-refractivity contribution is 5.91. The van der Waals surface area contributed by atoms with E-state index in [4.69, 9.17) is 10.5 Å². The van der Waals surface area contributed by atoms with Crippen molar-refractivity contribution in [1.29, 1.82) is 0 Å². The molecule has 3 amide bonds. The monoisotopic (exact) mass is 388 g/mol. The molecule has 2 aliphatic rings. The van der Waals surface area contributed by atoms with E-state index in [0.717, 1.165) is 38.5 Å². The fourth-order valence-corrected chi connectivity index (χ4v) is 4.11. The lowest BCUT2D eigenvalue weighted by atomic mass is 9.81. The maximum atomic E-state index is 12.6. The number of nitrogens with one attached hydrogen (secondary N) is 2. The summed E-state index contributed by atoms with van der Waals surface area (Å²) in [6.45, 7) is 0. The number of likely N-dealkylation sites (N-methyl/N-ethyl adjacent to an activating group) is 1. The van der Waals surface area contributed by atoms with E-state index < -0.39 is 6.04 Å². The van der Waals surface area contributed by atoms with Gasteiger partial charge in [0.2, 0.25) is 5.91 Å². The molecule has 0 heterocycles. The molecule has 0 aromatic heterocycles. The van der Waals surface area contributed by atoms with Crippen LogP contribution < -0.4 is 21.1 Å². The minimum absolute atomic E-state index is 0.0648. The second-order valence-electron chi connectivity index (χ2n) is 7.97.